The lowest BCUT2D eigenvalue weighted by molar-refractivity contribution is -0.122. The van der Waals surface area contributed by atoms with E-state index >= 15 is 0 Å². The summed E-state index contributed by atoms with van der Waals surface area (Å²) in [4.78, 5) is 12.0. The first-order valence-corrected chi connectivity index (χ1v) is 7.03. The Labute approximate surface area is 130 Å². The third-order valence-corrected chi connectivity index (χ3v) is 3.33. The van der Waals surface area contributed by atoms with Crippen LogP contribution in [-0.4, -0.2) is 12.0 Å². The Hall–Kier alpha value is -2.08. The van der Waals surface area contributed by atoms with E-state index in [0.717, 1.165) is 6.07 Å². The molecule has 6 heteroatoms. The number of carbonyl (C=O) groups excluding carboxylic acids is 1. The normalized spacial score (nSPS) is 11.8. The fraction of sp³-hybridized carbons (Fsp3) is 0.133. The molecule has 0 fully saturated rings. The molecule has 2 aromatic carbocycles. The minimum absolute atomic E-state index is 0.126. The molecule has 0 bridgehead atoms. The zero-order chi connectivity index (χ0) is 15.4. The monoisotopic (exact) mass is 352 g/mol. The summed E-state index contributed by atoms with van der Waals surface area (Å²) < 4.78 is 19.0. The van der Waals surface area contributed by atoms with E-state index in [-0.39, 0.29) is 17.3 Å². The van der Waals surface area contributed by atoms with Crippen LogP contribution < -0.4 is 15.8 Å². The highest BCUT2D eigenvalue weighted by molar-refractivity contribution is 9.10. The van der Waals surface area contributed by atoms with Crippen molar-refractivity contribution < 1.29 is 13.9 Å². The number of rotatable bonds is 4. The van der Waals surface area contributed by atoms with Gasteiger partial charge in [-0.15, -0.1) is 0 Å². The van der Waals surface area contributed by atoms with Crippen molar-refractivity contribution in [3.63, 3.8) is 0 Å². The summed E-state index contributed by atoms with van der Waals surface area (Å²) in [7, 11) is 0. The van der Waals surface area contributed by atoms with E-state index in [1.807, 2.05) is 18.2 Å². The summed E-state index contributed by atoms with van der Waals surface area (Å²) in [6.45, 7) is 1.59. The predicted molar refractivity (Wildman–Crippen MR) is 83.7 cm³/mol. The van der Waals surface area contributed by atoms with Gasteiger partial charge in [0, 0.05) is 11.8 Å². The fourth-order valence-electron chi connectivity index (χ4n) is 1.70. The number of halogens is 2. The molecular weight excluding hydrogens is 339 g/mol. The van der Waals surface area contributed by atoms with E-state index in [2.05, 4.69) is 21.2 Å². The van der Waals surface area contributed by atoms with Crippen molar-refractivity contribution in [1.82, 2.24) is 0 Å². The topological polar surface area (TPSA) is 64.3 Å². The minimum Gasteiger partial charge on any atom is -0.478 e. The lowest BCUT2D eigenvalue weighted by Crippen LogP contribution is -2.30. The van der Waals surface area contributed by atoms with E-state index in [9.17, 15) is 9.18 Å². The first-order valence-electron chi connectivity index (χ1n) is 6.24. The third kappa shape index (κ3) is 3.95. The lowest BCUT2D eigenvalue weighted by Gasteiger charge is -2.17. The number of nitrogens with one attached hydrogen (secondary N) is 1. The molecule has 0 aromatic heterocycles. The lowest BCUT2D eigenvalue weighted by atomic mass is 10.2. The zero-order valence-corrected chi connectivity index (χ0v) is 12.9. The Morgan fingerprint density at radius 3 is 2.62 bits per heavy atom. The summed E-state index contributed by atoms with van der Waals surface area (Å²) in [5, 5.41) is 2.72. The summed E-state index contributed by atoms with van der Waals surface area (Å²) in [5.41, 5.74) is 6.49. The molecular formula is C15H14BrFN2O2. The summed E-state index contributed by atoms with van der Waals surface area (Å²) in [6.07, 6.45) is -0.783. The summed E-state index contributed by atoms with van der Waals surface area (Å²) in [6, 6.07) is 11.4. The molecule has 4 nitrogen and oxygen atoms in total. The van der Waals surface area contributed by atoms with Crippen LogP contribution in [0.25, 0.3) is 0 Å². The van der Waals surface area contributed by atoms with Crippen LogP contribution in [0, 0.1) is 5.82 Å². The quantitative estimate of drug-likeness (QED) is 0.826. The fourth-order valence-corrected chi connectivity index (χ4v) is 2.24. The van der Waals surface area contributed by atoms with Gasteiger partial charge in [-0.2, -0.15) is 0 Å². The molecule has 1 atom stereocenters. The molecule has 0 saturated heterocycles. The van der Waals surface area contributed by atoms with Gasteiger partial charge in [0.2, 0.25) is 0 Å². The molecule has 110 valence electrons. The van der Waals surface area contributed by atoms with E-state index < -0.39 is 11.9 Å². The maximum Gasteiger partial charge on any atom is 0.265 e. The van der Waals surface area contributed by atoms with Crippen LogP contribution in [0.15, 0.2) is 46.9 Å². The van der Waals surface area contributed by atoms with Crippen LogP contribution in [0.2, 0.25) is 0 Å². The van der Waals surface area contributed by atoms with Crippen LogP contribution in [0.3, 0.4) is 0 Å². The molecule has 0 radical (unpaired) electrons. The largest absolute Gasteiger partial charge is 0.478 e. The highest BCUT2D eigenvalue weighted by Gasteiger charge is 2.18. The number of carbonyl (C=O) groups is 1. The number of hydrogen-bond donors (Lipinski definition) is 2. The predicted octanol–water partition coefficient (Wildman–Crippen LogP) is 3.58. The molecule has 2 rings (SSSR count). The third-order valence-electron chi connectivity index (χ3n) is 2.74. The van der Waals surface area contributed by atoms with E-state index in [1.54, 1.807) is 19.1 Å². The first kappa shape index (κ1) is 15.3. The summed E-state index contributed by atoms with van der Waals surface area (Å²) >= 11 is 3.17. The molecule has 1 amide bonds. The number of anilines is 2. The molecule has 0 heterocycles. The summed E-state index contributed by atoms with van der Waals surface area (Å²) in [5.74, 6) is -0.558. The molecule has 0 aliphatic rings. The van der Waals surface area contributed by atoms with Crippen LogP contribution in [0.1, 0.15) is 6.92 Å². The maximum absolute atomic E-state index is 13.1. The van der Waals surface area contributed by atoms with E-state index in [0.29, 0.717) is 10.2 Å². The standard InChI is InChI=1S/C15H14BrFN2O2/c1-9(15(20)19-11-5-3-2-4-6-11)21-14-12(16)7-10(17)8-13(14)18/h2-9H,18H2,1H3,(H,19,20). The SMILES string of the molecule is CC(Oc1c(N)cc(F)cc1Br)C(=O)Nc1ccccc1. The number of benzene rings is 2. The van der Waals surface area contributed by atoms with Gasteiger partial charge in [0.15, 0.2) is 11.9 Å². The van der Waals surface area contributed by atoms with Gasteiger partial charge in [-0.1, -0.05) is 18.2 Å². The second kappa shape index (κ2) is 6.58. The van der Waals surface area contributed by atoms with Gasteiger partial charge in [-0.05, 0) is 41.1 Å². The second-order valence-electron chi connectivity index (χ2n) is 4.42. The Morgan fingerprint density at radius 2 is 2.00 bits per heavy atom. The Balaban J connectivity index is 2.08. The van der Waals surface area contributed by atoms with Crippen molar-refractivity contribution in [3.05, 3.63) is 52.8 Å². The van der Waals surface area contributed by atoms with Crippen molar-refractivity contribution in [1.29, 1.82) is 0 Å². The molecule has 0 spiro atoms. The van der Waals surface area contributed by atoms with Crippen molar-refractivity contribution in [2.75, 3.05) is 11.1 Å². The van der Waals surface area contributed by atoms with Crippen LogP contribution in [-0.2, 0) is 4.79 Å². The Kier molecular flexibility index (Phi) is 4.80. The first-order chi connectivity index (χ1) is 9.97. The molecule has 2 aromatic rings. The number of nitrogens with two attached hydrogens (primary N) is 1. The van der Waals surface area contributed by atoms with Gasteiger partial charge in [-0.3, -0.25) is 4.79 Å². The number of amides is 1. The van der Waals surface area contributed by atoms with Gasteiger partial charge in [-0.25, -0.2) is 4.39 Å². The second-order valence-corrected chi connectivity index (χ2v) is 5.28. The van der Waals surface area contributed by atoms with E-state index in [4.69, 9.17) is 10.5 Å². The van der Waals surface area contributed by atoms with Gasteiger partial charge < -0.3 is 15.8 Å². The smallest absolute Gasteiger partial charge is 0.265 e. The molecule has 3 N–H and O–H groups in total. The van der Waals surface area contributed by atoms with Crippen LogP contribution in [0.4, 0.5) is 15.8 Å². The van der Waals surface area contributed by atoms with Crippen molar-refractivity contribution in [3.8, 4) is 5.75 Å². The molecule has 0 aliphatic heterocycles. The highest BCUT2D eigenvalue weighted by Crippen LogP contribution is 2.33. The molecule has 0 aliphatic carbocycles. The van der Waals surface area contributed by atoms with Crippen LogP contribution in [0.5, 0.6) is 5.75 Å². The molecule has 1 unspecified atom stereocenters. The average Bonchev–Trinajstić information content (AvgIpc) is 2.43. The zero-order valence-electron chi connectivity index (χ0n) is 11.3. The maximum atomic E-state index is 13.1. The average molecular weight is 353 g/mol. The van der Waals surface area contributed by atoms with Crippen LogP contribution >= 0.6 is 15.9 Å². The van der Waals surface area contributed by atoms with Gasteiger partial charge in [0.05, 0.1) is 10.2 Å². The Morgan fingerprint density at radius 1 is 1.33 bits per heavy atom. The Bertz CT molecular complexity index is 626. The number of nitrogen functional groups attached to an aromatic ring is 1. The molecule has 21 heavy (non-hydrogen) atoms. The number of hydrogen-bond acceptors (Lipinski definition) is 3. The van der Waals surface area contributed by atoms with Gasteiger partial charge in [0.25, 0.3) is 5.91 Å². The number of ether oxygens (including phenoxy) is 1. The van der Waals surface area contributed by atoms with Crippen molar-refractivity contribution in [2.45, 2.75) is 13.0 Å². The highest BCUT2D eigenvalue weighted by atomic mass is 79.9. The molecule has 0 saturated carbocycles. The number of para-hydroxylation sites is 1. The van der Waals surface area contributed by atoms with E-state index in [1.165, 1.54) is 6.07 Å². The van der Waals surface area contributed by atoms with Crippen molar-refractivity contribution >= 4 is 33.2 Å². The van der Waals surface area contributed by atoms with Gasteiger partial charge in [0.1, 0.15) is 5.82 Å². The minimum atomic E-state index is -0.783. The van der Waals surface area contributed by atoms with Gasteiger partial charge >= 0.3 is 0 Å². The van der Waals surface area contributed by atoms with Crippen molar-refractivity contribution in [2.24, 2.45) is 0 Å².